The molecule has 1 heterocycles. The van der Waals surface area contributed by atoms with E-state index in [-0.39, 0.29) is 18.2 Å². The molecule has 5 nitrogen and oxygen atoms in total. The third-order valence-corrected chi connectivity index (χ3v) is 3.65. The molecule has 1 fully saturated rings. The maximum atomic E-state index is 12.1. The number of hydrogen-bond acceptors (Lipinski definition) is 3. The van der Waals surface area contributed by atoms with Gasteiger partial charge in [-0.2, -0.15) is 0 Å². The van der Waals surface area contributed by atoms with Gasteiger partial charge < -0.3 is 15.0 Å². The highest BCUT2D eigenvalue weighted by atomic mass is 16.5. The van der Waals surface area contributed by atoms with E-state index < -0.39 is 0 Å². The second-order valence-corrected chi connectivity index (χ2v) is 5.22. The lowest BCUT2D eigenvalue weighted by atomic mass is 10.2. The van der Waals surface area contributed by atoms with E-state index in [1.54, 1.807) is 24.1 Å². The van der Waals surface area contributed by atoms with Crippen molar-refractivity contribution in [3.05, 3.63) is 24.3 Å². The number of ether oxygens (including phenoxy) is 1. The number of rotatable bonds is 4. The molecule has 1 saturated heterocycles. The molecule has 2 amide bonds. The van der Waals surface area contributed by atoms with Gasteiger partial charge in [0.15, 0.2) is 0 Å². The second kappa shape index (κ2) is 7.67. The number of amides is 2. The van der Waals surface area contributed by atoms with Crippen molar-refractivity contribution < 1.29 is 14.3 Å². The van der Waals surface area contributed by atoms with Crippen LogP contribution in [-0.2, 0) is 9.59 Å². The van der Waals surface area contributed by atoms with Crippen LogP contribution < -0.4 is 10.1 Å². The van der Waals surface area contributed by atoms with Gasteiger partial charge in [0.25, 0.3) is 0 Å². The van der Waals surface area contributed by atoms with Crippen molar-refractivity contribution in [2.45, 2.75) is 32.1 Å². The SMILES string of the molecule is COc1ccccc1NC(=O)CC(=O)N1CCCCCC1. The fourth-order valence-electron chi connectivity index (χ4n) is 2.51. The predicted octanol–water partition coefficient (Wildman–Crippen LogP) is 2.43. The number of nitrogens with zero attached hydrogens (tertiary/aromatic N) is 1. The third-order valence-electron chi connectivity index (χ3n) is 3.65. The summed E-state index contributed by atoms with van der Waals surface area (Å²) in [5.74, 6) is 0.200. The third kappa shape index (κ3) is 4.48. The Morgan fingerprint density at radius 2 is 1.81 bits per heavy atom. The van der Waals surface area contributed by atoms with Gasteiger partial charge in [-0.3, -0.25) is 9.59 Å². The minimum Gasteiger partial charge on any atom is -0.495 e. The van der Waals surface area contributed by atoms with E-state index in [1.807, 2.05) is 12.1 Å². The molecule has 0 aliphatic carbocycles. The normalized spacial score (nSPS) is 15.2. The predicted molar refractivity (Wildman–Crippen MR) is 81.3 cm³/mol. The molecule has 0 saturated carbocycles. The molecule has 0 unspecified atom stereocenters. The van der Waals surface area contributed by atoms with Crippen LogP contribution in [0.2, 0.25) is 0 Å². The molecule has 1 aliphatic heterocycles. The van der Waals surface area contributed by atoms with Crippen LogP contribution in [0.5, 0.6) is 5.75 Å². The summed E-state index contributed by atoms with van der Waals surface area (Å²) in [6.07, 6.45) is 4.27. The van der Waals surface area contributed by atoms with Gasteiger partial charge in [0.1, 0.15) is 12.2 Å². The lowest BCUT2D eigenvalue weighted by Gasteiger charge is -2.20. The van der Waals surface area contributed by atoms with E-state index in [0.29, 0.717) is 11.4 Å². The van der Waals surface area contributed by atoms with Crippen LogP contribution in [0.15, 0.2) is 24.3 Å². The highest BCUT2D eigenvalue weighted by molar-refractivity contribution is 6.04. The Labute approximate surface area is 125 Å². The summed E-state index contributed by atoms with van der Waals surface area (Å²) in [6.45, 7) is 1.53. The van der Waals surface area contributed by atoms with Gasteiger partial charge in [0.2, 0.25) is 11.8 Å². The molecule has 5 heteroatoms. The Morgan fingerprint density at radius 1 is 1.14 bits per heavy atom. The van der Waals surface area contributed by atoms with E-state index in [9.17, 15) is 9.59 Å². The first kappa shape index (κ1) is 15.4. The van der Waals surface area contributed by atoms with Crippen molar-refractivity contribution in [2.75, 3.05) is 25.5 Å². The molecule has 0 spiro atoms. The summed E-state index contributed by atoms with van der Waals surface area (Å²) < 4.78 is 5.17. The Morgan fingerprint density at radius 3 is 2.48 bits per heavy atom. The second-order valence-electron chi connectivity index (χ2n) is 5.22. The van der Waals surface area contributed by atoms with E-state index in [0.717, 1.165) is 38.8 Å². The molecular weight excluding hydrogens is 268 g/mol. The molecular formula is C16H22N2O3. The fraction of sp³-hybridized carbons (Fsp3) is 0.500. The van der Waals surface area contributed by atoms with Gasteiger partial charge in [0.05, 0.1) is 12.8 Å². The van der Waals surface area contributed by atoms with Crippen LogP contribution in [-0.4, -0.2) is 36.9 Å². The standard InChI is InChI=1S/C16H22N2O3/c1-21-14-9-5-4-8-13(14)17-15(19)12-16(20)18-10-6-2-3-7-11-18/h4-5,8-9H,2-3,6-7,10-12H2,1H3,(H,17,19). The van der Waals surface area contributed by atoms with Crippen LogP contribution in [0.4, 0.5) is 5.69 Å². The van der Waals surface area contributed by atoms with Gasteiger partial charge in [-0.25, -0.2) is 0 Å². The Hall–Kier alpha value is -2.04. The number of benzene rings is 1. The topological polar surface area (TPSA) is 58.6 Å². The number of nitrogens with one attached hydrogen (secondary N) is 1. The van der Waals surface area contributed by atoms with Crippen molar-refractivity contribution in [1.29, 1.82) is 0 Å². The molecule has 1 N–H and O–H groups in total. The summed E-state index contributed by atoms with van der Waals surface area (Å²) in [7, 11) is 1.55. The van der Waals surface area contributed by atoms with E-state index in [4.69, 9.17) is 4.74 Å². The Kier molecular flexibility index (Phi) is 5.60. The van der Waals surface area contributed by atoms with Crippen molar-refractivity contribution in [1.82, 2.24) is 4.90 Å². The van der Waals surface area contributed by atoms with Crippen molar-refractivity contribution in [2.24, 2.45) is 0 Å². The lowest BCUT2D eigenvalue weighted by molar-refractivity contribution is -0.134. The molecule has 0 atom stereocenters. The number of para-hydroxylation sites is 2. The summed E-state index contributed by atoms with van der Waals surface area (Å²) in [4.78, 5) is 25.9. The minimum atomic E-state index is -0.297. The quantitative estimate of drug-likeness (QED) is 0.866. The monoisotopic (exact) mass is 290 g/mol. The average molecular weight is 290 g/mol. The number of hydrogen-bond donors (Lipinski definition) is 1. The molecule has 2 rings (SSSR count). The first-order valence-corrected chi connectivity index (χ1v) is 7.41. The summed E-state index contributed by atoms with van der Waals surface area (Å²) in [5.41, 5.74) is 0.591. The molecule has 1 aliphatic rings. The van der Waals surface area contributed by atoms with E-state index >= 15 is 0 Å². The Bertz CT molecular complexity index is 494. The van der Waals surface area contributed by atoms with Crippen LogP contribution in [0, 0.1) is 0 Å². The van der Waals surface area contributed by atoms with Crippen LogP contribution in [0.1, 0.15) is 32.1 Å². The van der Waals surface area contributed by atoms with E-state index in [2.05, 4.69) is 5.32 Å². The summed E-state index contributed by atoms with van der Waals surface area (Å²) in [6, 6.07) is 7.17. The Balaban J connectivity index is 1.90. The first-order valence-electron chi connectivity index (χ1n) is 7.41. The van der Waals surface area contributed by atoms with Gasteiger partial charge in [0, 0.05) is 13.1 Å². The summed E-state index contributed by atoms with van der Waals surface area (Å²) >= 11 is 0. The number of carbonyl (C=O) groups excluding carboxylic acids is 2. The zero-order valence-corrected chi connectivity index (χ0v) is 12.4. The maximum absolute atomic E-state index is 12.1. The van der Waals surface area contributed by atoms with Crippen molar-refractivity contribution >= 4 is 17.5 Å². The zero-order valence-electron chi connectivity index (χ0n) is 12.4. The molecule has 21 heavy (non-hydrogen) atoms. The molecule has 0 radical (unpaired) electrons. The van der Waals surface area contributed by atoms with Gasteiger partial charge >= 0.3 is 0 Å². The number of methoxy groups -OCH3 is 1. The van der Waals surface area contributed by atoms with Gasteiger partial charge in [-0.05, 0) is 25.0 Å². The highest BCUT2D eigenvalue weighted by Gasteiger charge is 2.19. The largest absolute Gasteiger partial charge is 0.495 e. The van der Waals surface area contributed by atoms with Crippen molar-refractivity contribution in [3.63, 3.8) is 0 Å². The molecule has 1 aromatic carbocycles. The lowest BCUT2D eigenvalue weighted by Crippen LogP contribution is -2.34. The van der Waals surface area contributed by atoms with Crippen LogP contribution >= 0.6 is 0 Å². The summed E-state index contributed by atoms with van der Waals surface area (Å²) in [5, 5.41) is 2.74. The molecule has 114 valence electrons. The van der Waals surface area contributed by atoms with Gasteiger partial charge in [-0.15, -0.1) is 0 Å². The zero-order chi connectivity index (χ0) is 15.1. The van der Waals surface area contributed by atoms with E-state index in [1.165, 1.54) is 0 Å². The minimum absolute atomic E-state index is 0.0932. The first-order chi connectivity index (χ1) is 10.2. The smallest absolute Gasteiger partial charge is 0.233 e. The maximum Gasteiger partial charge on any atom is 0.233 e. The number of likely N-dealkylation sites (tertiary alicyclic amines) is 1. The van der Waals surface area contributed by atoms with Crippen LogP contribution in [0.25, 0.3) is 0 Å². The molecule has 1 aromatic rings. The highest BCUT2D eigenvalue weighted by Crippen LogP contribution is 2.23. The number of anilines is 1. The molecule has 0 aromatic heterocycles. The average Bonchev–Trinajstić information content (AvgIpc) is 2.76. The van der Waals surface area contributed by atoms with Crippen molar-refractivity contribution in [3.8, 4) is 5.75 Å². The van der Waals surface area contributed by atoms with Crippen LogP contribution in [0.3, 0.4) is 0 Å². The number of carbonyl (C=O) groups is 2. The molecule has 0 bridgehead atoms. The fourth-order valence-corrected chi connectivity index (χ4v) is 2.51. The van der Waals surface area contributed by atoms with Gasteiger partial charge in [-0.1, -0.05) is 25.0 Å².